The molecule has 0 saturated carbocycles. The monoisotopic (exact) mass is 385 g/mol. The van der Waals surface area contributed by atoms with Crippen LogP contribution in [0.15, 0.2) is 29.2 Å². The Labute approximate surface area is 153 Å². The Kier molecular flexibility index (Phi) is 4.97. The van der Waals surface area contributed by atoms with Crippen molar-refractivity contribution in [3.8, 4) is 0 Å². The number of rotatable bonds is 4. The number of carbonyl (C=O) groups excluding carboxylic acids is 1. The number of hydrogen-bond acceptors (Lipinski definition) is 9. The molecule has 1 aromatic rings. The van der Waals surface area contributed by atoms with Crippen molar-refractivity contribution in [2.24, 2.45) is 0 Å². The van der Waals surface area contributed by atoms with Crippen molar-refractivity contribution >= 4 is 23.4 Å². The third-order valence-corrected chi connectivity index (χ3v) is 5.57. The van der Waals surface area contributed by atoms with E-state index in [0.29, 0.717) is 0 Å². The molecule has 2 fully saturated rings. The number of esters is 1. The summed E-state index contributed by atoms with van der Waals surface area (Å²) in [5.74, 6) is -1.81. The molecular weight excluding hydrogens is 366 g/mol. The van der Waals surface area contributed by atoms with Crippen molar-refractivity contribution in [3.05, 3.63) is 34.4 Å². The Hall–Kier alpha value is -1.72. The van der Waals surface area contributed by atoms with Gasteiger partial charge in [-0.25, -0.2) is 4.79 Å². The largest absolute Gasteiger partial charge is 0.466 e. The number of carbonyl (C=O) groups is 1. The minimum atomic E-state index is -1.91. The lowest BCUT2D eigenvalue weighted by atomic mass is 9.99. The van der Waals surface area contributed by atoms with Gasteiger partial charge in [-0.1, -0.05) is 23.9 Å². The number of nitrogens with zero attached hydrogens (tertiary/aromatic N) is 1. The Morgan fingerprint density at radius 3 is 2.73 bits per heavy atom. The van der Waals surface area contributed by atoms with Gasteiger partial charge in [-0.3, -0.25) is 10.1 Å². The number of thioether (sulfide) groups is 1. The number of nitro benzene ring substituents is 1. The van der Waals surface area contributed by atoms with Gasteiger partial charge < -0.3 is 24.1 Å². The van der Waals surface area contributed by atoms with E-state index < -0.39 is 39.9 Å². The van der Waals surface area contributed by atoms with E-state index in [2.05, 4.69) is 0 Å². The second-order valence-electron chi connectivity index (χ2n) is 6.38. The Balaban J connectivity index is 1.99. The zero-order chi connectivity index (χ0) is 19.1. The SMILES string of the molecule is COC(=O)[C@]1(Sc2ccccc2[N+](=O)[O-])OC[C@H]2OC(C)(C)O[C@H]2[C@@H]1O. The van der Waals surface area contributed by atoms with Crippen LogP contribution < -0.4 is 0 Å². The Morgan fingerprint density at radius 1 is 1.38 bits per heavy atom. The molecule has 0 radical (unpaired) electrons. The summed E-state index contributed by atoms with van der Waals surface area (Å²) in [6, 6.07) is 5.89. The molecule has 0 bridgehead atoms. The van der Waals surface area contributed by atoms with Gasteiger partial charge in [0, 0.05) is 6.07 Å². The van der Waals surface area contributed by atoms with Crippen LogP contribution in [0.2, 0.25) is 0 Å². The standard InChI is InChI=1S/C16H19NO8S/c1-15(2)24-10-8-23-16(14(19)22-3,13(18)12(10)25-15)26-11-7-5-4-6-9(11)17(20)21/h4-7,10,12-13,18H,8H2,1-3H3/t10-,12-,13+,16+/m1/s1. The van der Waals surface area contributed by atoms with E-state index in [1.807, 2.05) is 0 Å². The predicted octanol–water partition coefficient (Wildman–Crippen LogP) is 1.47. The van der Waals surface area contributed by atoms with Crippen LogP contribution >= 0.6 is 11.8 Å². The molecule has 1 aromatic carbocycles. The lowest BCUT2D eigenvalue weighted by Gasteiger charge is -2.41. The van der Waals surface area contributed by atoms with Crippen LogP contribution in [0.4, 0.5) is 5.69 Å². The highest BCUT2D eigenvalue weighted by Gasteiger charge is 2.62. The van der Waals surface area contributed by atoms with E-state index in [4.69, 9.17) is 18.9 Å². The van der Waals surface area contributed by atoms with Gasteiger partial charge in [0.15, 0.2) is 5.79 Å². The molecule has 0 spiro atoms. The number of ether oxygens (including phenoxy) is 4. The molecule has 0 aromatic heterocycles. The Morgan fingerprint density at radius 2 is 2.08 bits per heavy atom. The van der Waals surface area contributed by atoms with Gasteiger partial charge in [-0.2, -0.15) is 0 Å². The lowest BCUT2D eigenvalue weighted by Crippen LogP contribution is -2.62. The molecule has 9 nitrogen and oxygen atoms in total. The highest BCUT2D eigenvalue weighted by Crippen LogP contribution is 2.48. The van der Waals surface area contributed by atoms with Crippen LogP contribution in [-0.2, 0) is 23.7 Å². The fourth-order valence-corrected chi connectivity index (χ4v) is 4.35. The number of methoxy groups -OCH3 is 1. The van der Waals surface area contributed by atoms with E-state index in [-0.39, 0.29) is 17.2 Å². The number of aliphatic hydroxyl groups excluding tert-OH is 1. The topological polar surface area (TPSA) is 117 Å². The molecule has 0 unspecified atom stereocenters. The summed E-state index contributed by atoms with van der Waals surface area (Å²) in [6.07, 6.45) is -2.86. The second kappa shape index (κ2) is 6.78. The van der Waals surface area contributed by atoms with Crippen LogP contribution in [0.3, 0.4) is 0 Å². The zero-order valence-corrected chi connectivity index (χ0v) is 15.2. The number of fused-ring (bicyclic) bond motifs is 1. The van der Waals surface area contributed by atoms with Crippen molar-refractivity contribution in [3.63, 3.8) is 0 Å². The first-order valence-corrected chi connectivity index (χ1v) is 8.70. The number of aliphatic hydroxyl groups is 1. The minimum Gasteiger partial charge on any atom is -0.466 e. The lowest BCUT2D eigenvalue weighted by molar-refractivity contribution is -0.387. The number of nitro groups is 1. The van der Waals surface area contributed by atoms with Crippen molar-refractivity contribution in [1.29, 1.82) is 0 Å². The van der Waals surface area contributed by atoms with Crippen molar-refractivity contribution in [2.45, 2.75) is 47.8 Å². The molecular formula is C16H19NO8S. The van der Waals surface area contributed by atoms with Gasteiger partial charge in [0.05, 0.1) is 23.5 Å². The summed E-state index contributed by atoms with van der Waals surface area (Å²) in [5, 5.41) is 22.2. The zero-order valence-electron chi connectivity index (χ0n) is 14.4. The highest BCUT2D eigenvalue weighted by molar-refractivity contribution is 8.01. The third-order valence-electron chi connectivity index (χ3n) is 4.18. The molecule has 2 aliphatic heterocycles. The van der Waals surface area contributed by atoms with Crippen molar-refractivity contribution in [1.82, 2.24) is 0 Å². The van der Waals surface area contributed by atoms with Crippen LogP contribution in [0, 0.1) is 10.1 Å². The molecule has 26 heavy (non-hydrogen) atoms. The van der Waals surface area contributed by atoms with E-state index >= 15 is 0 Å². The van der Waals surface area contributed by atoms with Gasteiger partial charge in [0.1, 0.15) is 18.3 Å². The molecule has 2 aliphatic rings. The van der Waals surface area contributed by atoms with Gasteiger partial charge in [0.2, 0.25) is 4.93 Å². The van der Waals surface area contributed by atoms with Crippen LogP contribution in [0.1, 0.15) is 13.8 Å². The summed E-state index contributed by atoms with van der Waals surface area (Å²) in [6.45, 7) is 3.34. The molecule has 2 heterocycles. The molecule has 3 rings (SSSR count). The molecule has 142 valence electrons. The number of hydrogen-bond donors (Lipinski definition) is 1. The maximum absolute atomic E-state index is 12.5. The maximum atomic E-state index is 12.5. The highest BCUT2D eigenvalue weighted by atomic mass is 32.2. The predicted molar refractivity (Wildman–Crippen MR) is 89.5 cm³/mol. The first kappa shape index (κ1) is 19.1. The average molecular weight is 385 g/mol. The van der Waals surface area contributed by atoms with Crippen molar-refractivity contribution in [2.75, 3.05) is 13.7 Å². The quantitative estimate of drug-likeness (QED) is 0.467. The fourth-order valence-electron chi connectivity index (χ4n) is 3.08. The molecule has 10 heteroatoms. The smallest absolute Gasteiger partial charge is 0.352 e. The van der Waals surface area contributed by atoms with E-state index in [9.17, 15) is 20.0 Å². The Bertz CT molecular complexity index is 726. The van der Waals surface area contributed by atoms with E-state index in [1.54, 1.807) is 19.9 Å². The summed E-state index contributed by atoms with van der Waals surface area (Å²) < 4.78 is 21.9. The number of benzene rings is 1. The second-order valence-corrected chi connectivity index (χ2v) is 7.63. The first-order chi connectivity index (χ1) is 12.2. The van der Waals surface area contributed by atoms with Gasteiger partial charge >= 0.3 is 5.97 Å². The summed E-state index contributed by atoms with van der Waals surface area (Å²) in [5.41, 5.74) is -0.206. The van der Waals surface area contributed by atoms with Crippen molar-refractivity contribution < 1.29 is 33.8 Å². The van der Waals surface area contributed by atoms with Gasteiger partial charge in [0.25, 0.3) is 5.69 Å². The summed E-state index contributed by atoms with van der Waals surface area (Å²) >= 11 is 0.733. The fraction of sp³-hybridized carbons (Fsp3) is 0.562. The maximum Gasteiger partial charge on any atom is 0.352 e. The molecule has 0 amide bonds. The normalized spacial score (nSPS) is 32.7. The van der Waals surface area contributed by atoms with Crippen LogP contribution in [-0.4, -0.2) is 58.7 Å². The molecule has 1 N–H and O–H groups in total. The number of para-hydroxylation sites is 1. The first-order valence-electron chi connectivity index (χ1n) is 7.89. The molecule has 2 saturated heterocycles. The van der Waals surface area contributed by atoms with Crippen LogP contribution in [0.5, 0.6) is 0 Å². The average Bonchev–Trinajstić information content (AvgIpc) is 2.92. The summed E-state index contributed by atoms with van der Waals surface area (Å²) in [4.78, 5) is 21.5. The summed E-state index contributed by atoms with van der Waals surface area (Å²) in [7, 11) is 1.15. The third kappa shape index (κ3) is 3.19. The molecule has 0 aliphatic carbocycles. The van der Waals surface area contributed by atoms with Gasteiger partial charge in [-0.05, 0) is 19.9 Å². The van der Waals surface area contributed by atoms with E-state index in [1.165, 1.54) is 18.2 Å². The van der Waals surface area contributed by atoms with Crippen LogP contribution in [0.25, 0.3) is 0 Å². The van der Waals surface area contributed by atoms with Gasteiger partial charge in [-0.15, -0.1) is 0 Å². The molecule has 4 atom stereocenters. The van der Waals surface area contributed by atoms with E-state index in [0.717, 1.165) is 18.9 Å². The minimum absolute atomic E-state index is 0.0338.